The number of alkyl carbamates (subject to hydrolysis) is 1. The Labute approximate surface area is 130 Å². The quantitative estimate of drug-likeness (QED) is 0.569. The zero-order valence-corrected chi connectivity index (χ0v) is 14.0. The molecule has 2 N–H and O–H groups in total. The number of oxime groups is 1. The molecule has 1 rings (SSSR count). The third-order valence-electron chi connectivity index (χ3n) is 2.63. The number of carbonyl (C=O) groups excluding carboxylic acids is 2. The Kier molecular flexibility index (Phi) is 5.26. The maximum absolute atomic E-state index is 12.0. The van der Waals surface area contributed by atoms with E-state index < -0.39 is 29.4 Å². The first-order chi connectivity index (χ1) is 9.91. The van der Waals surface area contributed by atoms with Gasteiger partial charge in [-0.05, 0) is 41.5 Å². The van der Waals surface area contributed by atoms with Gasteiger partial charge in [0.15, 0.2) is 0 Å². The van der Waals surface area contributed by atoms with Crippen LogP contribution in [0.25, 0.3) is 0 Å². The van der Waals surface area contributed by atoms with E-state index in [4.69, 9.17) is 14.7 Å². The second kappa shape index (κ2) is 6.41. The van der Waals surface area contributed by atoms with Gasteiger partial charge in [0, 0.05) is 0 Å². The van der Waals surface area contributed by atoms with Crippen LogP contribution in [-0.2, 0) is 9.47 Å². The molecule has 1 unspecified atom stereocenters. The van der Waals surface area contributed by atoms with Gasteiger partial charge < -0.3 is 20.0 Å². The molecule has 2 amide bonds. The molecule has 0 radical (unpaired) electrons. The number of ether oxygens (including phenoxy) is 2. The molecule has 1 aliphatic rings. The van der Waals surface area contributed by atoms with E-state index >= 15 is 0 Å². The normalized spacial score (nSPS) is 20.9. The van der Waals surface area contributed by atoms with Crippen LogP contribution < -0.4 is 5.32 Å². The van der Waals surface area contributed by atoms with Gasteiger partial charge in [-0.15, -0.1) is 0 Å². The lowest BCUT2D eigenvalue weighted by Crippen LogP contribution is -2.44. The molecule has 1 atom stereocenters. The molecule has 8 nitrogen and oxygen atoms in total. The number of rotatable bonds is 1. The van der Waals surface area contributed by atoms with E-state index in [0.717, 1.165) is 0 Å². The largest absolute Gasteiger partial charge is 0.444 e. The third kappa shape index (κ3) is 5.79. The molecular formula is C14H25N3O5. The lowest BCUT2D eigenvalue weighted by atomic mass is 10.2. The predicted molar refractivity (Wildman–Crippen MR) is 80.2 cm³/mol. The molecular weight excluding hydrogens is 290 g/mol. The van der Waals surface area contributed by atoms with Gasteiger partial charge in [0.05, 0.1) is 19.1 Å². The maximum atomic E-state index is 12.0. The van der Waals surface area contributed by atoms with Crippen LogP contribution in [0.1, 0.15) is 41.5 Å². The minimum atomic E-state index is -0.635. The topological polar surface area (TPSA) is 100 Å². The van der Waals surface area contributed by atoms with Crippen LogP contribution in [0.2, 0.25) is 0 Å². The van der Waals surface area contributed by atoms with E-state index in [2.05, 4.69) is 10.5 Å². The lowest BCUT2D eigenvalue weighted by molar-refractivity contribution is 0.0285. The summed E-state index contributed by atoms with van der Waals surface area (Å²) in [6, 6.07) is -0.604. The van der Waals surface area contributed by atoms with Crippen LogP contribution >= 0.6 is 0 Å². The Hall–Kier alpha value is -1.99. The van der Waals surface area contributed by atoms with Crippen molar-refractivity contribution in [3.05, 3.63) is 0 Å². The predicted octanol–water partition coefficient (Wildman–Crippen LogP) is 1.96. The number of amides is 2. The van der Waals surface area contributed by atoms with Crippen molar-refractivity contribution in [1.29, 1.82) is 0 Å². The van der Waals surface area contributed by atoms with Crippen LogP contribution in [0.15, 0.2) is 5.16 Å². The number of carbonyl (C=O) groups is 2. The molecule has 1 fully saturated rings. The first kappa shape index (κ1) is 18.1. The van der Waals surface area contributed by atoms with Gasteiger partial charge in [0.25, 0.3) is 0 Å². The van der Waals surface area contributed by atoms with Crippen LogP contribution in [0.4, 0.5) is 9.59 Å². The van der Waals surface area contributed by atoms with E-state index in [1.165, 1.54) is 4.90 Å². The SMILES string of the molecule is CC(C)(C)OC(=O)NC1CN(C(=O)OC(C)(C)C)C/C1=N\O. The van der Waals surface area contributed by atoms with Crippen molar-refractivity contribution in [2.24, 2.45) is 5.16 Å². The van der Waals surface area contributed by atoms with Gasteiger partial charge >= 0.3 is 12.2 Å². The minimum absolute atomic E-state index is 0.0892. The first-order valence-electron chi connectivity index (χ1n) is 7.09. The molecule has 0 aromatic heterocycles. The van der Waals surface area contributed by atoms with Crippen molar-refractivity contribution in [3.8, 4) is 0 Å². The molecule has 0 aromatic rings. The molecule has 8 heteroatoms. The Morgan fingerprint density at radius 3 is 2.18 bits per heavy atom. The van der Waals surface area contributed by atoms with Crippen molar-refractivity contribution >= 4 is 17.9 Å². The summed E-state index contributed by atoms with van der Waals surface area (Å²) in [7, 11) is 0. The second-order valence-electron chi connectivity index (χ2n) is 7.15. The summed E-state index contributed by atoms with van der Waals surface area (Å²) in [6.07, 6.45) is -1.16. The summed E-state index contributed by atoms with van der Waals surface area (Å²) >= 11 is 0. The molecule has 0 aliphatic carbocycles. The first-order valence-corrected chi connectivity index (χ1v) is 7.09. The van der Waals surface area contributed by atoms with Gasteiger partial charge in [-0.3, -0.25) is 4.90 Å². The highest BCUT2D eigenvalue weighted by molar-refractivity contribution is 5.97. The average molecular weight is 315 g/mol. The summed E-state index contributed by atoms with van der Waals surface area (Å²) < 4.78 is 10.4. The van der Waals surface area contributed by atoms with Crippen molar-refractivity contribution in [2.45, 2.75) is 58.8 Å². The molecule has 0 spiro atoms. The van der Waals surface area contributed by atoms with E-state index in [-0.39, 0.29) is 18.8 Å². The maximum Gasteiger partial charge on any atom is 0.410 e. The van der Waals surface area contributed by atoms with Gasteiger partial charge in [0.2, 0.25) is 0 Å². The van der Waals surface area contributed by atoms with Crippen molar-refractivity contribution in [2.75, 3.05) is 13.1 Å². The fraction of sp³-hybridized carbons (Fsp3) is 0.786. The van der Waals surface area contributed by atoms with E-state index in [1.54, 1.807) is 41.5 Å². The van der Waals surface area contributed by atoms with Gasteiger partial charge in [-0.2, -0.15) is 0 Å². The van der Waals surface area contributed by atoms with Crippen molar-refractivity contribution in [1.82, 2.24) is 10.2 Å². The highest BCUT2D eigenvalue weighted by Gasteiger charge is 2.36. The smallest absolute Gasteiger partial charge is 0.410 e. The third-order valence-corrected chi connectivity index (χ3v) is 2.63. The van der Waals surface area contributed by atoms with Crippen molar-refractivity contribution < 1.29 is 24.3 Å². The summed E-state index contributed by atoms with van der Waals surface area (Å²) in [6.45, 7) is 10.8. The summed E-state index contributed by atoms with van der Waals surface area (Å²) in [5.41, 5.74) is -0.981. The van der Waals surface area contributed by atoms with Crippen LogP contribution in [0.5, 0.6) is 0 Å². The minimum Gasteiger partial charge on any atom is -0.444 e. The van der Waals surface area contributed by atoms with Crippen molar-refractivity contribution in [3.63, 3.8) is 0 Å². The van der Waals surface area contributed by atoms with E-state index in [9.17, 15) is 9.59 Å². The molecule has 1 aliphatic heterocycles. The van der Waals surface area contributed by atoms with Gasteiger partial charge in [-0.1, -0.05) is 5.16 Å². The number of hydrogen-bond acceptors (Lipinski definition) is 6. The Morgan fingerprint density at radius 1 is 1.18 bits per heavy atom. The fourth-order valence-electron chi connectivity index (χ4n) is 1.84. The highest BCUT2D eigenvalue weighted by Crippen LogP contribution is 2.15. The van der Waals surface area contributed by atoms with Gasteiger partial charge in [-0.25, -0.2) is 9.59 Å². The summed E-state index contributed by atoms with van der Waals surface area (Å²) in [5.74, 6) is 0. The van der Waals surface area contributed by atoms with Crippen LogP contribution in [0.3, 0.4) is 0 Å². The second-order valence-corrected chi connectivity index (χ2v) is 7.15. The monoisotopic (exact) mass is 315 g/mol. The standard InChI is InChI=1S/C14H25N3O5/c1-13(2,3)21-11(18)15-9-7-17(8-10(9)16-20)12(19)22-14(4,5)6/h9,20H,7-8H2,1-6H3,(H,15,18)/b16-10+. The fourth-order valence-corrected chi connectivity index (χ4v) is 1.84. The zero-order chi connectivity index (χ0) is 17.1. The van der Waals surface area contributed by atoms with E-state index in [1.807, 2.05) is 0 Å². The lowest BCUT2D eigenvalue weighted by Gasteiger charge is -2.24. The molecule has 0 bridgehead atoms. The Morgan fingerprint density at radius 2 is 1.73 bits per heavy atom. The molecule has 22 heavy (non-hydrogen) atoms. The summed E-state index contributed by atoms with van der Waals surface area (Å²) in [5, 5.41) is 14.8. The number of likely N-dealkylation sites (tertiary alicyclic amines) is 1. The molecule has 0 saturated carbocycles. The van der Waals surface area contributed by atoms with Gasteiger partial charge in [0.1, 0.15) is 16.9 Å². The zero-order valence-electron chi connectivity index (χ0n) is 14.0. The summed E-state index contributed by atoms with van der Waals surface area (Å²) in [4.78, 5) is 25.1. The number of nitrogens with zero attached hydrogens (tertiary/aromatic N) is 2. The molecule has 1 saturated heterocycles. The molecule has 1 heterocycles. The molecule has 0 aromatic carbocycles. The number of nitrogens with one attached hydrogen (secondary N) is 1. The average Bonchev–Trinajstić information content (AvgIpc) is 2.67. The van der Waals surface area contributed by atoms with E-state index in [0.29, 0.717) is 0 Å². The number of hydrogen-bond donors (Lipinski definition) is 2. The highest BCUT2D eigenvalue weighted by atomic mass is 16.6. The molecule has 126 valence electrons. The van der Waals surface area contributed by atoms with Crippen LogP contribution in [0, 0.1) is 0 Å². The Bertz CT molecular complexity index is 462. The van der Waals surface area contributed by atoms with Crippen LogP contribution in [-0.4, -0.2) is 58.3 Å². The Balaban J connectivity index is 2.66.